The Morgan fingerprint density at radius 1 is 0.962 bits per heavy atom. The molecule has 26 heavy (non-hydrogen) atoms. The van der Waals surface area contributed by atoms with Crippen molar-refractivity contribution in [3.63, 3.8) is 0 Å². The monoisotopic (exact) mass is 411 g/mol. The van der Waals surface area contributed by atoms with Gasteiger partial charge in [-0.1, -0.05) is 3.89 Å². The molecule has 142 valence electrons. The number of anilines is 1. The summed E-state index contributed by atoms with van der Waals surface area (Å²) < 4.78 is 94.2. The Bertz CT molecular complexity index is 984. The van der Waals surface area contributed by atoms with E-state index in [2.05, 4.69) is 4.18 Å². The molecule has 0 aliphatic heterocycles. The van der Waals surface area contributed by atoms with E-state index in [1.54, 1.807) is 0 Å². The molecule has 0 aliphatic carbocycles. The zero-order chi connectivity index (χ0) is 19.5. The molecular formula is C14H12F3NO6S2. The number of nitrogens with one attached hydrogen (secondary N) is 1. The molecule has 0 unspecified atom stereocenters. The summed E-state index contributed by atoms with van der Waals surface area (Å²) in [6.07, 6.45) is 0.835. The Kier molecular flexibility index (Phi) is 5.66. The molecule has 1 N–H and O–H groups in total. The third-order valence-electron chi connectivity index (χ3n) is 2.85. The Labute approximate surface area is 147 Å². The van der Waals surface area contributed by atoms with Crippen molar-refractivity contribution in [2.45, 2.75) is 6.61 Å². The van der Waals surface area contributed by atoms with Crippen LogP contribution in [0.15, 0.2) is 36.4 Å². The SMILES string of the molecule is CS(=O)(=O)Nc1cc(F)c(COc2ccc(OS(=O)(=O)F)cc2)c(F)c1. The maximum atomic E-state index is 14.0. The second-order valence-corrected chi connectivity index (χ2v) is 7.73. The smallest absolute Gasteiger partial charge is 0.488 e. The van der Waals surface area contributed by atoms with Crippen LogP contribution < -0.4 is 13.6 Å². The first-order chi connectivity index (χ1) is 11.9. The largest absolute Gasteiger partial charge is 0.489 e. The van der Waals surface area contributed by atoms with Crippen LogP contribution in [0.3, 0.4) is 0 Å². The van der Waals surface area contributed by atoms with Gasteiger partial charge in [-0.15, -0.1) is 0 Å². The van der Waals surface area contributed by atoms with Crippen molar-refractivity contribution in [2.75, 3.05) is 11.0 Å². The molecule has 0 bridgehead atoms. The lowest BCUT2D eigenvalue weighted by Gasteiger charge is -2.11. The summed E-state index contributed by atoms with van der Waals surface area (Å²) in [6.45, 7) is -0.529. The van der Waals surface area contributed by atoms with E-state index < -0.39 is 44.3 Å². The van der Waals surface area contributed by atoms with Crippen LogP contribution in [0.5, 0.6) is 11.5 Å². The van der Waals surface area contributed by atoms with Crippen LogP contribution in [0, 0.1) is 11.6 Å². The molecular weight excluding hydrogens is 399 g/mol. The van der Waals surface area contributed by atoms with Crippen LogP contribution in [-0.2, 0) is 27.1 Å². The number of hydrogen-bond acceptors (Lipinski definition) is 6. The minimum atomic E-state index is -5.16. The average molecular weight is 411 g/mol. The van der Waals surface area contributed by atoms with Crippen LogP contribution in [-0.4, -0.2) is 23.1 Å². The van der Waals surface area contributed by atoms with Crippen molar-refractivity contribution in [2.24, 2.45) is 0 Å². The molecule has 0 amide bonds. The van der Waals surface area contributed by atoms with E-state index in [4.69, 9.17) is 4.74 Å². The summed E-state index contributed by atoms with van der Waals surface area (Å²) in [6, 6.07) is 6.17. The number of benzene rings is 2. The van der Waals surface area contributed by atoms with Crippen molar-refractivity contribution in [1.29, 1.82) is 0 Å². The number of halogens is 3. The molecule has 0 radical (unpaired) electrons. The third kappa shape index (κ3) is 6.11. The summed E-state index contributed by atoms with van der Waals surface area (Å²) in [5, 5.41) is 0. The van der Waals surface area contributed by atoms with Crippen LogP contribution >= 0.6 is 0 Å². The minimum absolute atomic E-state index is 0.103. The molecule has 0 atom stereocenters. The fourth-order valence-corrected chi connectivity index (χ4v) is 2.76. The van der Waals surface area contributed by atoms with E-state index >= 15 is 0 Å². The van der Waals surface area contributed by atoms with Gasteiger partial charge in [0.05, 0.1) is 17.5 Å². The molecule has 2 aromatic rings. The molecule has 2 aromatic carbocycles. The van der Waals surface area contributed by atoms with E-state index in [1.807, 2.05) is 4.72 Å². The van der Waals surface area contributed by atoms with Crippen molar-refractivity contribution >= 4 is 26.2 Å². The van der Waals surface area contributed by atoms with Crippen molar-refractivity contribution in [1.82, 2.24) is 0 Å². The van der Waals surface area contributed by atoms with Gasteiger partial charge in [0.1, 0.15) is 29.7 Å². The fraction of sp³-hybridized carbons (Fsp3) is 0.143. The normalized spacial score (nSPS) is 11.8. The Hall–Kier alpha value is -2.47. The van der Waals surface area contributed by atoms with Gasteiger partial charge in [0.2, 0.25) is 10.0 Å². The van der Waals surface area contributed by atoms with Crippen molar-refractivity contribution in [3.8, 4) is 11.5 Å². The van der Waals surface area contributed by atoms with Crippen LogP contribution in [0.25, 0.3) is 0 Å². The molecule has 0 heterocycles. The van der Waals surface area contributed by atoms with E-state index in [0.717, 1.165) is 30.5 Å². The summed E-state index contributed by atoms with van der Waals surface area (Å²) >= 11 is 0. The number of rotatable bonds is 7. The maximum absolute atomic E-state index is 14.0. The molecule has 7 nitrogen and oxygen atoms in total. The second-order valence-electron chi connectivity index (χ2n) is 5.03. The molecule has 0 fully saturated rings. The lowest BCUT2D eigenvalue weighted by Crippen LogP contribution is -2.11. The maximum Gasteiger partial charge on any atom is 0.488 e. The minimum Gasteiger partial charge on any atom is -0.489 e. The lowest BCUT2D eigenvalue weighted by atomic mass is 10.2. The zero-order valence-electron chi connectivity index (χ0n) is 13.1. The first kappa shape index (κ1) is 19.8. The first-order valence-electron chi connectivity index (χ1n) is 6.75. The van der Waals surface area contributed by atoms with Gasteiger partial charge >= 0.3 is 10.5 Å². The summed E-state index contributed by atoms with van der Waals surface area (Å²) in [5.74, 6) is -2.27. The zero-order valence-corrected chi connectivity index (χ0v) is 14.7. The van der Waals surface area contributed by atoms with Crippen LogP contribution in [0.2, 0.25) is 0 Å². The molecule has 12 heteroatoms. The van der Waals surface area contributed by atoms with Gasteiger partial charge in [-0.25, -0.2) is 17.2 Å². The predicted molar refractivity (Wildman–Crippen MR) is 86.3 cm³/mol. The first-order valence-corrected chi connectivity index (χ1v) is 9.95. The van der Waals surface area contributed by atoms with Gasteiger partial charge in [-0.2, -0.15) is 8.42 Å². The Morgan fingerprint density at radius 3 is 1.92 bits per heavy atom. The molecule has 0 spiro atoms. The number of sulfonamides is 1. The van der Waals surface area contributed by atoms with Gasteiger partial charge < -0.3 is 8.92 Å². The van der Waals surface area contributed by atoms with Crippen LogP contribution in [0.4, 0.5) is 18.4 Å². The Balaban J connectivity index is 2.09. The van der Waals surface area contributed by atoms with Gasteiger partial charge in [0.15, 0.2) is 0 Å². The highest BCUT2D eigenvalue weighted by atomic mass is 32.3. The lowest BCUT2D eigenvalue weighted by molar-refractivity contribution is 0.292. The quantitative estimate of drug-likeness (QED) is 0.703. The van der Waals surface area contributed by atoms with Gasteiger partial charge in [0.25, 0.3) is 0 Å². The van der Waals surface area contributed by atoms with Gasteiger partial charge in [0, 0.05) is 0 Å². The van der Waals surface area contributed by atoms with E-state index in [0.29, 0.717) is 0 Å². The summed E-state index contributed by atoms with van der Waals surface area (Å²) in [7, 11) is -8.85. The van der Waals surface area contributed by atoms with Crippen molar-refractivity contribution in [3.05, 3.63) is 53.6 Å². The third-order valence-corrected chi connectivity index (χ3v) is 3.84. The van der Waals surface area contributed by atoms with E-state index in [-0.39, 0.29) is 17.2 Å². The number of hydrogen-bond donors (Lipinski definition) is 1. The predicted octanol–water partition coefficient (Wildman–Crippen LogP) is 2.51. The second kappa shape index (κ2) is 7.41. The topological polar surface area (TPSA) is 98.8 Å². The highest BCUT2D eigenvalue weighted by Gasteiger charge is 2.14. The average Bonchev–Trinajstić information content (AvgIpc) is 2.44. The molecule has 2 rings (SSSR count). The molecule has 0 saturated carbocycles. The molecule has 0 aromatic heterocycles. The van der Waals surface area contributed by atoms with Crippen molar-refractivity contribution < 1.29 is 38.4 Å². The fourth-order valence-electron chi connectivity index (χ4n) is 1.88. The van der Waals surface area contributed by atoms with Gasteiger partial charge in [-0.05, 0) is 36.4 Å². The standard InChI is InChI=1S/C14H12F3NO6S2/c1-25(19,20)18-9-6-13(15)12(14(16)7-9)8-23-10-2-4-11(5-3-10)24-26(17,21)22/h2-7,18H,8H2,1H3. The summed E-state index contributed by atoms with van der Waals surface area (Å²) in [5.41, 5.74) is -0.726. The summed E-state index contributed by atoms with van der Waals surface area (Å²) in [4.78, 5) is 0. The molecule has 0 saturated heterocycles. The van der Waals surface area contributed by atoms with E-state index in [9.17, 15) is 29.5 Å². The van der Waals surface area contributed by atoms with E-state index in [1.165, 1.54) is 12.1 Å². The van der Waals surface area contributed by atoms with Gasteiger partial charge in [-0.3, -0.25) is 4.72 Å². The highest BCUT2D eigenvalue weighted by molar-refractivity contribution is 7.92. The molecule has 0 aliphatic rings. The Morgan fingerprint density at radius 2 is 1.46 bits per heavy atom. The van der Waals surface area contributed by atoms with Crippen LogP contribution in [0.1, 0.15) is 5.56 Å². The number of ether oxygens (including phenoxy) is 1. The highest BCUT2D eigenvalue weighted by Crippen LogP contribution is 2.23.